The van der Waals surface area contributed by atoms with Crippen LogP contribution < -0.4 is 0 Å². The molecule has 0 aromatic heterocycles. The molecule has 0 aromatic carbocycles. The molecule has 9 atom stereocenters. The summed E-state index contributed by atoms with van der Waals surface area (Å²) >= 11 is 0. The lowest BCUT2D eigenvalue weighted by Gasteiger charge is -2.38. The first kappa shape index (κ1) is 48.1. The molecule has 1 heterocycles. The molecular weight excluding hydrogens is 911 g/mol. The highest BCUT2D eigenvalue weighted by atomic mass is 31.3. The number of rotatable bonds is 18. The Kier molecular flexibility index (Phi) is 15.4. The first-order valence-corrected chi connectivity index (χ1v) is 26.1. The molecule has 0 saturated heterocycles. The number of aldehydes is 1. The van der Waals surface area contributed by atoms with Gasteiger partial charge in [0.1, 0.15) is 23.6 Å². The van der Waals surface area contributed by atoms with Crippen molar-refractivity contribution in [2.75, 3.05) is 0 Å². The molecule has 0 fully saturated rings. The van der Waals surface area contributed by atoms with Crippen LogP contribution in [0.5, 0.6) is 0 Å². The monoisotopic (exact) mass is 963 g/mol. The summed E-state index contributed by atoms with van der Waals surface area (Å²) in [5.74, 6) is -5.99. The van der Waals surface area contributed by atoms with Crippen LogP contribution in [0.1, 0.15) is 103 Å². The SMILES string of the molecule is O=CC1CC=C(OP2(OC3CC=C(C(=O)O)CC3)=NP(OC3=CCC(C(=O)O)CC3)(OC3CC=C(C(=O)O)CC3)=NP(OC3=CCC(C(=O)O)CC3)(OC3C=CC(C(=O)O)=CC3)=N2)CC1. The molecule has 0 spiro atoms. The maximum atomic E-state index is 12.0. The normalized spacial score (nSPS) is 33.5. The zero-order valence-electron chi connectivity index (χ0n) is 35.3. The van der Waals surface area contributed by atoms with Crippen molar-refractivity contribution in [3.63, 3.8) is 0 Å². The number of carbonyl (C=O) groups excluding carboxylic acids is 1. The number of hydrogen-bond donors (Lipinski definition) is 5. The van der Waals surface area contributed by atoms with E-state index in [1.165, 1.54) is 18.2 Å². The van der Waals surface area contributed by atoms with Gasteiger partial charge in [-0.15, -0.1) is 13.5 Å². The minimum atomic E-state index is -4.34. The summed E-state index contributed by atoms with van der Waals surface area (Å²) in [5.41, 5.74) is 0.397. The predicted molar refractivity (Wildman–Crippen MR) is 232 cm³/mol. The third-order valence-corrected chi connectivity index (χ3v) is 20.4. The Morgan fingerprint density at radius 1 is 0.523 bits per heavy atom. The first-order chi connectivity index (χ1) is 31.0. The number of nitrogens with zero attached hydrogens (tertiary/aromatic N) is 3. The van der Waals surface area contributed by atoms with Crippen LogP contribution in [0.15, 0.2) is 96.2 Å². The van der Waals surface area contributed by atoms with Crippen molar-refractivity contribution in [1.82, 2.24) is 0 Å². The van der Waals surface area contributed by atoms with Crippen molar-refractivity contribution in [2.24, 2.45) is 31.3 Å². The first-order valence-electron chi connectivity index (χ1n) is 21.5. The lowest BCUT2D eigenvalue weighted by atomic mass is 9.94. The van der Waals surface area contributed by atoms with Gasteiger partial charge in [-0.2, -0.15) is 0 Å². The molecule has 0 bridgehead atoms. The van der Waals surface area contributed by atoms with Gasteiger partial charge < -0.3 is 43.9 Å². The van der Waals surface area contributed by atoms with E-state index in [9.17, 15) is 54.3 Å². The zero-order chi connectivity index (χ0) is 46.4. The molecule has 0 saturated carbocycles. The molecule has 7 aliphatic rings. The van der Waals surface area contributed by atoms with Crippen molar-refractivity contribution < 1.29 is 81.4 Å². The largest absolute Gasteiger partial charge is 0.481 e. The third kappa shape index (κ3) is 12.3. The van der Waals surface area contributed by atoms with Gasteiger partial charge in [0.05, 0.1) is 35.7 Å². The quantitative estimate of drug-likeness (QED) is 0.0630. The number of carbonyl (C=O) groups is 6. The minimum Gasteiger partial charge on any atom is -0.481 e. The van der Waals surface area contributed by atoms with E-state index in [-0.39, 0.29) is 118 Å². The predicted octanol–water partition coefficient (Wildman–Crippen LogP) is 9.82. The minimum absolute atomic E-state index is 0.0151. The number of aliphatic carboxylic acids is 5. The summed E-state index contributed by atoms with van der Waals surface area (Å²) in [5, 5.41) is 48.9. The molecule has 0 radical (unpaired) electrons. The van der Waals surface area contributed by atoms with E-state index in [0.29, 0.717) is 24.4 Å². The maximum absolute atomic E-state index is 12.0. The molecule has 6 aliphatic carbocycles. The number of hydrogen-bond acceptors (Lipinski definition) is 15. The van der Waals surface area contributed by atoms with E-state index >= 15 is 0 Å². The molecular formula is C42H52N3O17P3. The van der Waals surface area contributed by atoms with Crippen LogP contribution in [0.4, 0.5) is 0 Å². The van der Waals surface area contributed by atoms with Crippen molar-refractivity contribution in [2.45, 2.75) is 121 Å². The van der Waals surface area contributed by atoms with Gasteiger partial charge >= 0.3 is 52.8 Å². The van der Waals surface area contributed by atoms with E-state index < -0.39 is 83.0 Å². The molecule has 23 heteroatoms. The Hall–Kier alpha value is -4.83. The van der Waals surface area contributed by atoms with Crippen LogP contribution in [0.25, 0.3) is 0 Å². The van der Waals surface area contributed by atoms with E-state index in [1.807, 2.05) is 0 Å². The molecule has 0 aromatic rings. The van der Waals surface area contributed by atoms with Crippen LogP contribution in [0, 0.1) is 17.8 Å². The van der Waals surface area contributed by atoms with Gasteiger partial charge in [0, 0.05) is 36.3 Å². The highest BCUT2D eigenvalue weighted by Crippen LogP contribution is 2.83. The summed E-state index contributed by atoms with van der Waals surface area (Å²) in [7, 11) is -12.9. The number of carboxylic acids is 5. The Bertz CT molecular complexity index is 2380. The number of allylic oxidation sites excluding steroid dienone is 6. The van der Waals surface area contributed by atoms with Gasteiger partial charge in [-0.1, -0.05) is 24.3 Å². The van der Waals surface area contributed by atoms with Gasteiger partial charge in [-0.05, 0) is 108 Å². The fourth-order valence-corrected chi connectivity index (χ4v) is 18.0. The molecule has 5 N–H and O–H groups in total. The highest BCUT2D eigenvalue weighted by Gasteiger charge is 2.50. The van der Waals surface area contributed by atoms with E-state index in [1.54, 1.807) is 30.4 Å². The second-order valence-electron chi connectivity index (χ2n) is 16.6. The number of carboxylic acid groups (broad SMARTS) is 5. The smallest absolute Gasteiger partial charge is 0.404 e. The van der Waals surface area contributed by atoms with Gasteiger partial charge in [0.25, 0.3) is 0 Å². The Morgan fingerprint density at radius 2 is 0.985 bits per heavy atom. The van der Waals surface area contributed by atoms with Crippen LogP contribution in [-0.2, 0) is 55.9 Å². The van der Waals surface area contributed by atoms with Crippen molar-refractivity contribution >= 4 is 59.1 Å². The van der Waals surface area contributed by atoms with Crippen molar-refractivity contribution in [1.29, 1.82) is 0 Å². The van der Waals surface area contributed by atoms with Gasteiger partial charge in [-0.3, -0.25) is 23.2 Å². The van der Waals surface area contributed by atoms with Crippen LogP contribution >= 0.6 is 23.0 Å². The molecule has 9 unspecified atom stereocenters. The molecule has 1 aliphatic heterocycles. The molecule has 20 nitrogen and oxygen atoms in total. The summed E-state index contributed by atoms with van der Waals surface area (Å²) in [6, 6.07) is 0. The van der Waals surface area contributed by atoms with E-state index in [4.69, 9.17) is 40.7 Å². The van der Waals surface area contributed by atoms with Crippen LogP contribution in [0.2, 0.25) is 0 Å². The van der Waals surface area contributed by atoms with Gasteiger partial charge in [-0.25, -0.2) is 14.4 Å². The summed E-state index contributed by atoms with van der Waals surface area (Å²) in [6.07, 6.45) is 13.7. The fourth-order valence-electron chi connectivity index (χ4n) is 8.11. The topological polar surface area (TPSA) is 296 Å². The second kappa shape index (κ2) is 20.8. The standard InChI is InChI=1S/C42H52N3O17P3/c46-25-26-1-13-32(14-2-26)57-63(58-33-15-3-27(4-16-33)38(47)48)43-64(59-34-17-5-28(6-18-34)39(49)50,60-35-19-7-29(8-20-35)40(51)52)45-65(44-63,61-36-21-9-30(10-22-36)41(53)54)62-37-23-11-31(12-24-37)42(55)56/h3,5-6,9,13,17,19,23,25-26,29,31,33-34,36H,1-2,4,7-8,10-12,14-16,18,20-22,24H2,(H,47,48)(H,49,50)(H,51,52)(H,53,54)(H,55,56). The molecule has 352 valence electrons. The average molecular weight is 964 g/mol. The lowest BCUT2D eigenvalue weighted by Crippen LogP contribution is -2.21. The third-order valence-electron chi connectivity index (χ3n) is 11.9. The highest BCUT2D eigenvalue weighted by molar-refractivity contribution is 7.78. The zero-order valence-corrected chi connectivity index (χ0v) is 38.0. The summed E-state index contributed by atoms with van der Waals surface area (Å²) in [4.78, 5) is 71.7. The van der Waals surface area contributed by atoms with E-state index in [0.717, 1.165) is 6.29 Å². The van der Waals surface area contributed by atoms with Crippen molar-refractivity contribution in [3.05, 3.63) is 82.6 Å². The van der Waals surface area contributed by atoms with Crippen LogP contribution in [0.3, 0.4) is 0 Å². The van der Waals surface area contributed by atoms with Gasteiger partial charge in [0.2, 0.25) is 0 Å². The molecule has 7 rings (SSSR count). The summed E-state index contributed by atoms with van der Waals surface area (Å²) < 4.78 is 57.0. The Balaban J connectivity index is 1.46. The fraction of sp³-hybridized carbons (Fsp3) is 0.524. The Morgan fingerprint density at radius 3 is 1.31 bits per heavy atom. The maximum Gasteiger partial charge on any atom is 0.404 e. The average Bonchev–Trinajstić information content (AvgIpc) is 3.27. The van der Waals surface area contributed by atoms with Crippen molar-refractivity contribution in [3.8, 4) is 0 Å². The Labute approximate surface area is 374 Å². The van der Waals surface area contributed by atoms with E-state index in [2.05, 4.69) is 0 Å². The van der Waals surface area contributed by atoms with Crippen LogP contribution in [-0.4, -0.2) is 80.0 Å². The second-order valence-corrected chi connectivity index (χ2v) is 22.9. The molecule has 0 amide bonds. The summed E-state index contributed by atoms with van der Waals surface area (Å²) in [6.45, 7) is 0. The van der Waals surface area contributed by atoms with Gasteiger partial charge in [0.15, 0.2) is 0 Å². The molecule has 65 heavy (non-hydrogen) atoms. The lowest BCUT2D eigenvalue weighted by molar-refractivity contribution is -0.143.